The van der Waals surface area contributed by atoms with Gasteiger partial charge in [0.05, 0.1) is 13.2 Å². The molecule has 5 rings (SSSR count). The lowest BCUT2D eigenvalue weighted by molar-refractivity contribution is -0.376. The Hall–Kier alpha value is -4.77. The quantitative estimate of drug-likeness (QED) is 0.116. The molecular weight excluding hydrogens is 715 g/mol. The van der Waals surface area contributed by atoms with Crippen LogP contribution in [0.15, 0.2) is 115 Å². The molecule has 0 aliphatic carbocycles. The molecule has 1 atom stereocenters. The molecule has 6 nitrogen and oxygen atoms in total. The number of hydrogen-bond donors (Lipinski definition) is 1. The summed E-state index contributed by atoms with van der Waals surface area (Å²) in [4.78, 5) is 16.3. The number of hydrogen-bond acceptors (Lipinski definition) is 5. The van der Waals surface area contributed by atoms with E-state index >= 15 is 0 Å². The summed E-state index contributed by atoms with van der Waals surface area (Å²) in [6.07, 6.45) is -12.6. The van der Waals surface area contributed by atoms with E-state index in [0.29, 0.717) is 12.1 Å². The molecule has 13 heteroatoms. The van der Waals surface area contributed by atoms with Crippen LogP contribution in [0.25, 0.3) is 0 Å². The molecule has 0 spiro atoms. The highest BCUT2D eigenvalue weighted by atomic mass is 28.4. The first-order chi connectivity index (χ1) is 25.0. The first kappa shape index (κ1) is 39.4. The van der Waals surface area contributed by atoms with Crippen LogP contribution in [-0.2, 0) is 21.4 Å². The first-order valence-electron chi connectivity index (χ1n) is 16.9. The van der Waals surface area contributed by atoms with Gasteiger partial charge in [-0.3, -0.25) is 0 Å². The van der Waals surface area contributed by atoms with Crippen LogP contribution in [0.1, 0.15) is 31.9 Å². The Morgan fingerprint density at radius 3 is 1.77 bits per heavy atom. The van der Waals surface area contributed by atoms with Crippen molar-refractivity contribution < 1.29 is 45.4 Å². The second-order valence-electron chi connectivity index (χ2n) is 13.7. The molecule has 0 radical (unpaired) electrons. The molecule has 1 N–H and O–H groups in total. The molecule has 4 aromatic carbocycles. The maximum atomic E-state index is 13.6. The molecule has 4 aromatic rings. The number of piperazine rings is 1. The molecule has 1 unspecified atom stereocenters. The van der Waals surface area contributed by atoms with Crippen molar-refractivity contribution in [3.8, 4) is 11.8 Å². The highest BCUT2D eigenvalue weighted by Gasteiger charge is 2.71. The van der Waals surface area contributed by atoms with E-state index in [1.54, 1.807) is 4.90 Å². The molecule has 0 saturated carbocycles. The van der Waals surface area contributed by atoms with Crippen molar-refractivity contribution in [1.82, 2.24) is 4.90 Å². The maximum absolute atomic E-state index is 13.6. The number of halogens is 6. The predicted octanol–water partition coefficient (Wildman–Crippen LogP) is 7.41. The van der Waals surface area contributed by atoms with Crippen molar-refractivity contribution in [3.05, 3.63) is 126 Å². The summed E-state index contributed by atoms with van der Waals surface area (Å²) in [5, 5.41) is 11.7. The topological polar surface area (TPSA) is 62.2 Å². The summed E-state index contributed by atoms with van der Waals surface area (Å²) in [5.74, 6) is 6.28. The van der Waals surface area contributed by atoms with Crippen molar-refractivity contribution >= 4 is 30.5 Å². The second-order valence-corrected chi connectivity index (χ2v) is 18.0. The average molecular weight is 755 g/mol. The molecule has 0 aromatic heterocycles. The minimum absolute atomic E-state index is 0.000784. The van der Waals surface area contributed by atoms with Gasteiger partial charge in [0.25, 0.3) is 13.9 Å². The van der Waals surface area contributed by atoms with E-state index in [0.717, 1.165) is 28.1 Å². The van der Waals surface area contributed by atoms with Crippen LogP contribution >= 0.6 is 0 Å². The molecule has 53 heavy (non-hydrogen) atoms. The minimum atomic E-state index is -6.02. The number of ether oxygens (including phenoxy) is 1. The van der Waals surface area contributed by atoms with E-state index < -0.39 is 44.0 Å². The minimum Gasteiger partial charge on any atom is -0.445 e. The number of anilines is 1. The Balaban J connectivity index is 1.45. The van der Waals surface area contributed by atoms with Gasteiger partial charge >= 0.3 is 18.4 Å². The van der Waals surface area contributed by atoms with Gasteiger partial charge < -0.3 is 24.1 Å². The Labute approximate surface area is 306 Å². The second kappa shape index (κ2) is 15.7. The third-order valence-electron chi connectivity index (χ3n) is 9.33. The number of carbonyl (C=O) groups excluding carboxylic acids is 1. The van der Waals surface area contributed by atoms with Crippen molar-refractivity contribution in [3.63, 3.8) is 0 Å². The van der Waals surface area contributed by atoms with E-state index in [-0.39, 0.29) is 43.6 Å². The molecule has 0 bridgehead atoms. The Morgan fingerprint density at radius 2 is 1.28 bits per heavy atom. The largest absolute Gasteiger partial charge is 0.445 e. The lowest BCUT2D eigenvalue weighted by atomic mass is 9.92. The number of alkyl halides is 6. The van der Waals surface area contributed by atoms with Crippen LogP contribution in [0.3, 0.4) is 0 Å². The molecule has 1 aliphatic heterocycles. The van der Waals surface area contributed by atoms with Gasteiger partial charge in [-0.2, -0.15) is 26.3 Å². The predicted molar refractivity (Wildman–Crippen MR) is 193 cm³/mol. The zero-order valence-electron chi connectivity index (χ0n) is 29.4. The number of nitrogens with zero attached hydrogens (tertiary/aromatic N) is 2. The number of carbonyl (C=O) groups is 1. The summed E-state index contributed by atoms with van der Waals surface area (Å²) < 4.78 is 93.9. The van der Waals surface area contributed by atoms with Gasteiger partial charge in [0, 0.05) is 24.3 Å². The smallest absolute Gasteiger partial charge is 0.430 e. The zero-order valence-corrected chi connectivity index (χ0v) is 30.4. The molecule has 280 valence electrons. The van der Waals surface area contributed by atoms with Crippen molar-refractivity contribution in [1.29, 1.82) is 0 Å². The average Bonchev–Trinajstić information content (AvgIpc) is 3.13. The van der Waals surface area contributed by atoms with Gasteiger partial charge in [-0.25, -0.2) is 4.79 Å². The number of rotatable bonds is 8. The third kappa shape index (κ3) is 8.25. The summed E-state index contributed by atoms with van der Waals surface area (Å²) in [7, 11) is -2.95. The monoisotopic (exact) mass is 754 g/mol. The first-order valence-corrected chi connectivity index (χ1v) is 18.8. The molecule has 1 amide bonds. The summed E-state index contributed by atoms with van der Waals surface area (Å²) in [6, 6.07) is 31.6. The number of amides is 1. The summed E-state index contributed by atoms with van der Waals surface area (Å²) in [5.41, 5.74) is -5.39. The fourth-order valence-electron chi connectivity index (χ4n) is 6.64. The fraction of sp³-hybridized carbons (Fsp3) is 0.325. The highest BCUT2D eigenvalue weighted by molar-refractivity contribution is 6.99. The van der Waals surface area contributed by atoms with Crippen molar-refractivity contribution in [2.45, 2.75) is 56.4 Å². The maximum Gasteiger partial charge on any atom is 0.430 e. The molecule has 1 saturated heterocycles. The number of aliphatic hydroxyl groups is 1. The van der Waals surface area contributed by atoms with Gasteiger partial charge in [0.2, 0.25) is 0 Å². The van der Waals surface area contributed by atoms with Gasteiger partial charge in [0.1, 0.15) is 12.6 Å². The molecule has 1 aliphatic rings. The van der Waals surface area contributed by atoms with Gasteiger partial charge in [-0.15, -0.1) is 0 Å². The molecule has 1 heterocycles. The zero-order chi connectivity index (χ0) is 38.5. The van der Waals surface area contributed by atoms with Gasteiger partial charge in [0.15, 0.2) is 0 Å². The van der Waals surface area contributed by atoms with Crippen LogP contribution < -0.4 is 15.3 Å². The van der Waals surface area contributed by atoms with Crippen molar-refractivity contribution in [2.75, 3.05) is 31.1 Å². The van der Waals surface area contributed by atoms with E-state index in [2.05, 4.69) is 32.6 Å². The Morgan fingerprint density at radius 1 is 0.774 bits per heavy atom. The van der Waals surface area contributed by atoms with Gasteiger partial charge in [-0.1, -0.05) is 136 Å². The SMILES string of the molecule is CC(C)(C)[Si](OCC#CC1CN(C(=O)OCc2ccccc2)CCN1c1ccc(C(O)(C(F)(F)F)C(F)(F)F)cc1)(c1ccccc1)c1ccccc1. The Kier molecular flexibility index (Phi) is 11.7. The standard InChI is InChI=1S/C40H40F6N2O4Si/c1-37(2,3)53(34-17-9-5-10-18-34,35-19-11-6-12-20-35)52-27-13-16-33-28-47(36(49)51-29-30-14-7-4-8-15-30)25-26-48(33)32-23-21-31(22-24-32)38(50,39(41,42)43)40(44,45)46/h4-12,14-15,17-24,33,50H,25-29H2,1-3H3. The third-order valence-corrected chi connectivity index (χ3v) is 14.3. The van der Waals surface area contributed by atoms with Crippen LogP contribution in [0.5, 0.6) is 0 Å². The summed E-state index contributed by atoms with van der Waals surface area (Å²) in [6.45, 7) is 6.70. The van der Waals surface area contributed by atoms with Crippen LogP contribution in [-0.4, -0.2) is 69.1 Å². The van der Waals surface area contributed by atoms with Crippen LogP contribution in [0, 0.1) is 11.8 Å². The van der Waals surface area contributed by atoms with Crippen LogP contribution in [0.2, 0.25) is 5.04 Å². The van der Waals surface area contributed by atoms with E-state index in [1.807, 2.05) is 91.0 Å². The van der Waals surface area contributed by atoms with Crippen molar-refractivity contribution in [2.24, 2.45) is 0 Å². The van der Waals surface area contributed by atoms with E-state index in [9.17, 15) is 36.2 Å². The molecule has 1 fully saturated rings. The Bertz CT molecular complexity index is 1820. The van der Waals surface area contributed by atoms with Crippen LogP contribution in [0.4, 0.5) is 36.8 Å². The molecular formula is C40H40F6N2O4Si. The lowest BCUT2D eigenvalue weighted by Gasteiger charge is -2.42. The highest BCUT2D eigenvalue weighted by Crippen LogP contribution is 2.50. The normalized spacial score (nSPS) is 15.8. The number of benzene rings is 4. The summed E-state index contributed by atoms with van der Waals surface area (Å²) >= 11 is 0. The van der Waals surface area contributed by atoms with Gasteiger partial charge in [-0.05, 0) is 33.1 Å². The fourth-order valence-corrected chi connectivity index (χ4v) is 11.1. The van der Waals surface area contributed by atoms with E-state index in [4.69, 9.17) is 9.16 Å². The van der Waals surface area contributed by atoms with E-state index in [1.165, 1.54) is 4.90 Å². The lowest BCUT2D eigenvalue weighted by Crippen LogP contribution is -2.66.